The Balaban J connectivity index is 1.13. The maximum atomic E-state index is 13.5. The van der Waals surface area contributed by atoms with E-state index in [1.165, 1.54) is 0 Å². The quantitative estimate of drug-likeness (QED) is 0.424. The van der Waals surface area contributed by atoms with Crippen molar-refractivity contribution in [3.63, 3.8) is 0 Å². The maximum absolute atomic E-state index is 13.5. The Morgan fingerprint density at radius 3 is 2.38 bits per heavy atom. The van der Waals surface area contributed by atoms with Gasteiger partial charge in [0.05, 0.1) is 11.7 Å². The summed E-state index contributed by atoms with van der Waals surface area (Å²) >= 11 is 0. The van der Waals surface area contributed by atoms with Gasteiger partial charge in [0.1, 0.15) is 35.1 Å². The summed E-state index contributed by atoms with van der Waals surface area (Å²) in [5.74, 6) is -0.905. The first-order valence-electron chi connectivity index (χ1n) is 15.2. The van der Waals surface area contributed by atoms with Crippen LogP contribution in [-0.2, 0) is 28.5 Å². The van der Waals surface area contributed by atoms with Crippen LogP contribution in [0.15, 0.2) is 71.8 Å². The molecule has 4 saturated heterocycles. The Bertz CT molecular complexity index is 1550. The first-order chi connectivity index (χ1) is 20.2. The van der Waals surface area contributed by atoms with E-state index < -0.39 is 46.5 Å². The van der Waals surface area contributed by atoms with Crippen LogP contribution in [0.1, 0.15) is 62.1 Å². The summed E-state index contributed by atoms with van der Waals surface area (Å²) in [7, 11) is 0. The summed E-state index contributed by atoms with van der Waals surface area (Å²) < 4.78 is 32.2. The molecule has 2 bridgehead atoms. The largest absolute Gasteiger partial charge is 0.450 e. The Hall–Kier alpha value is -3.04. The highest BCUT2D eigenvalue weighted by molar-refractivity contribution is 5.93. The van der Waals surface area contributed by atoms with Gasteiger partial charge in [-0.05, 0) is 42.0 Å². The third-order valence-corrected chi connectivity index (χ3v) is 11.8. The molecule has 8 heteroatoms. The van der Waals surface area contributed by atoms with Crippen LogP contribution in [-0.4, -0.2) is 64.4 Å². The number of ether oxygens (including phenoxy) is 5. The van der Waals surface area contributed by atoms with Gasteiger partial charge in [0.2, 0.25) is 0 Å². The SMILES string of the molecule is CC(C)[C@]12O[C@H]1[C@@H]1O[C@@]13[C@@]1(C)CCC4=C(C(C(OC(=O)c5ccccc5)c5ccccc5)OC4=O)[C@@H]1C1C[C@@]3(O1)[C@@H]2O. The van der Waals surface area contributed by atoms with Crippen LogP contribution in [0.3, 0.4) is 0 Å². The molecule has 42 heavy (non-hydrogen) atoms. The van der Waals surface area contributed by atoms with E-state index in [1.807, 2.05) is 36.4 Å². The van der Waals surface area contributed by atoms with Gasteiger partial charge in [0, 0.05) is 23.3 Å². The molecule has 11 atom stereocenters. The zero-order valence-electron chi connectivity index (χ0n) is 23.8. The number of esters is 2. The van der Waals surface area contributed by atoms with Gasteiger partial charge in [-0.1, -0.05) is 69.3 Å². The van der Waals surface area contributed by atoms with Gasteiger partial charge in [0.25, 0.3) is 0 Å². The lowest BCUT2D eigenvalue weighted by Gasteiger charge is -2.70. The molecule has 8 aliphatic rings. The van der Waals surface area contributed by atoms with Gasteiger partial charge in [-0.25, -0.2) is 9.59 Å². The Morgan fingerprint density at radius 1 is 1.00 bits per heavy atom. The number of rotatable bonds is 5. The smallest absolute Gasteiger partial charge is 0.338 e. The van der Waals surface area contributed by atoms with Crippen molar-refractivity contribution in [1.29, 1.82) is 0 Å². The number of fused-ring (bicyclic) bond motifs is 2. The highest BCUT2D eigenvalue weighted by Gasteiger charge is 2.98. The van der Waals surface area contributed by atoms with Gasteiger partial charge in [-0.3, -0.25) is 0 Å². The Kier molecular flexibility index (Phi) is 4.80. The second-order valence-electron chi connectivity index (χ2n) is 13.7. The van der Waals surface area contributed by atoms with Gasteiger partial charge >= 0.3 is 11.9 Å². The van der Waals surface area contributed by atoms with E-state index in [0.29, 0.717) is 30.4 Å². The molecule has 5 aliphatic heterocycles. The third kappa shape index (κ3) is 2.70. The topological polar surface area (TPSA) is 107 Å². The average molecular weight is 571 g/mol. The van der Waals surface area contributed by atoms with Crippen molar-refractivity contribution in [3.05, 3.63) is 82.9 Å². The fourth-order valence-corrected chi connectivity index (χ4v) is 9.93. The molecule has 0 amide bonds. The van der Waals surface area contributed by atoms with Crippen LogP contribution in [0.4, 0.5) is 0 Å². The van der Waals surface area contributed by atoms with E-state index in [0.717, 1.165) is 11.1 Å². The first-order valence-corrected chi connectivity index (χ1v) is 15.2. The monoisotopic (exact) mass is 570 g/mol. The van der Waals surface area contributed by atoms with E-state index in [1.54, 1.807) is 24.3 Å². The van der Waals surface area contributed by atoms with E-state index in [2.05, 4.69) is 20.8 Å². The Labute approximate surface area is 243 Å². The highest BCUT2D eigenvalue weighted by atomic mass is 16.7. The summed E-state index contributed by atoms with van der Waals surface area (Å²) in [5.41, 5.74) is 0.0828. The molecule has 10 rings (SSSR count). The first kappa shape index (κ1) is 25.5. The summed E-state index contributed by atoms with van der Waals surface area (Å²) in [6.45, 7) is 6.40. The van der Waals surface area contributed by atoms with Crippen LogP contribution in [0.2, 0.25) is 0 Å². The molecule has 2 saturated carbocycles. The number of cyclic esters (lactones) is 1. The molecule has 2 aromatic rings. The number of hydrogen-bond donors (Lipinski definition) is 1. The molecule has 3 unspecified atom stereocenters. The molecule has 218 valence electrons. The van der Waals surface area contributed by atoms with Crippen molar-refractivity contribution < 1.29 is 38.4 Å². The van der Waals surface area contributed by atoms with Gasteiger partial charge in [0.15, 0.2) is 12.2 Å². The van der Waals surface area contributed by atoms with Crippen molar-refractivity contribution in [2.24, 2.45) is 17.3 Å². The fourth-order valence-electron chi connectivity index (χ4n) is 9.93. The number of aliphatic hydroxyl groups excluding tert-OH is 1. The van der Waals surface area contributed by atoms with Gasteiger partial charge < -0.3 is 28.8 Å². The number of carbonyl (C=O) groups excluding carboxylic acids is 2. The molecular weight excluding hydrogens is 536 g/mol. The molecule has 8 nitrogen and oxygen atoms in total. The van der Waals surface area contributed by atoms with E-state index in [9.17, 15) is 14.7 Å². The zero-order chi connectivity index (χ0) is 28.8. The summed E-state index contributed by atoms with van der Waals surface area (Å²) in [4.78, 5) is 26.8. The second kappa shape index (κ2) is 7.91. The zero-order valence-corrected chi connectivity index (χ0v) is 23.8. The minimum Gasteiger partial charge on any atom is -0.450 e. The normalized spacial score (nSPS) is 45.8. The minimum atomic E-state index is -0.838. The molecule has 3 aliphatic carbocycles. The van der Waals surface area contributed by atoms with E-state index >= 15 is 0 Å². The average Bonchev–Trinajstić information content (AvgIpc) is 3.87. The molecule has 2 aromatic carbocycles. The number of carbonyl (C=O) groups is 2. The van der Waals surface area contributed by atoms with Crippen molar-refractivity contribution in [2.75, 3.05) is 0 Å². The van der Waals surface area contributed by atoms with Crippen molar-refractivity contribution in [3.8, 4) is 0 Å². The number of epoxide rings is 2. The van der Waals surface area contributed by atoms with Crippen LogP contribution in [0, 0.1) is 17.3 Å². The van der Waals surface area contributed by atoms with Crippen molar-refractivity contribution in [1.82, 2.24) is 0 Å². The lowest BCUT2D eigenvalue weighted by Crippen LogP contribution is -2.83. The fraction of sp³-hybridized carbons (Fsp3) is 0.529. The maximum Gasteiger partial charge on any atom is 0.338 e. The predicted molar refractivity (Wildman–Crippen MR) is 147 cm³/mol. The number of aliphatic hydroxyl groups is 1. The molecule has 0 aromatic heterocycles. The summed E-state index contributed by atoms with van der Waals surface area (Å²) in [5, 5.41) is 11.9. The Morgan fingerprint density at radius 2 is 1.69 bits per heavy atom. The van der Waals surface area contributed by atoms with Crippen molar-refractivity contribution in [2.45, 2.75) is 93.5 Å². The van der Waals surface area contributed by atoms with Gasteiger partial charge in [-0.2, -0.15) is 0 Å². The van der Waals surface area contributed by atoms with Crippen molar-refractivity contribution >= 4 is 11.9 Å². The van der Waals surface area contributed by atoms with Crippen LogP contribution >= 0.6 is 0 Å². The number of hydrogen-bond acceptors (Lipinski definition) is 8. The lowest BCUT2D eigenvalue weighted by atomic mass is 9.41. The van der Waals surface area contributed by atoms with Crippen LogP contribution in [0.25, 0.3) is 0 Å². The molecule has 1 N–H and O–H groups in total. The van der Waals surface area contributed by atoms with Crippen LogP contribution in [0.5, 0.6) is 0 Å². The predicted octanol–water partition coefficient (Wildman–Crippen LogP) is 4.07. The summed E-state index contributed by atoms with van der Waals surface area (Å²) in [6.07, 6.45) is -1.12. The standard InChI is InChI=1S/C34H34O8/c1-17(2)33-26(41-33)27-34(42-27)31(3)15-14-20-22(23(31)21-16-32(34,40-21)30(33)37)25(39-29(20)36)24(18-10-6-4-7-11-18)38-28(35)19-12-8-5-9-13-19/h4-13,17,21,23-27,30,37H,14-16H2,1-3H3/t21?,23-,24?,25?,26-,27-,30-,31-,32+,33-,34+/m0/s1. The van der Waals surface area contributed by atoms with E-state index in [4.69, 9.17) is 23.7 Å². The molecule has 2 spiro atoms. The molecule has 6 fully saturated rings. The minimum absolute atomic E-state index is 0.124. The third-order valence-electron chi connectivity index (χ3n) is 11.8. The highest BCUT2D eigenvalue weighted by Crippen LogP contribution is 2.82. The molecular formula is C34H34O8. The lowest BCUT2D eigenvalue weighted by molar-refractivity contribution is -0.367. The number of benzene rings is 2. The van der Waals surface area contributed by atoms with Gasteiger partial charge in [-0.15, -0.1) is 0 Å². The molecule has 0 radical (unpaired) electrons. The second-order valence-corrected chi connectivity index (χ2v) is 13.7. The summed E-state index contributed by atoms with van der Waals surface area (Å²) in [6, 6.07) is 18.3. The van der Waals surface area contributed by atoms with Crippen LogP contribution < -0.4 is 0 Å². The molecule has 5 heterocycles. The van der Waals surface area contributed by atoms with E-state index in [-0.39, 0.29) is 36.1 Å².